The van der Waals surface area contributed by atoms with Crippen molar-refractivity contribution in [1.29, 1.82) is 0 Å². The first-order valence-electron chi connectivity index (χ1n) is 2.35. The molecule has 0 radical (unpaired) electrons. The molecule has 0 bridgehead atoms. The zero-order valence-corrected chi connectivity index (χ0v) is 5.07. The summed E-state index contributed by atoms with van der Waals surface area (Å²) in [5, 5.41) is 11.0. The fourth-order valence-corrected chi connectivity index (χ4v) is 1.29. The van der Waals surface area contributed by atoms with E-state index in [4.69, 9.17) is 5.11 Å². The first-order valence-corrected chi connectivity index (χ1v) is 3.39. The molecule has 1 atom stereocenters. The molecule has 0 aromatic heterocycles. The number of carbonyl (C=O) groups is 1. The van der Waals surface area contributed by atoms with Crippen molar-refractivity contribution in [1.82, 2.24) is 5.32 Å². The average molecular weight is 133 g/mol. The monoisotopic (exact) mass is 133 g/mol. The first kappa shape index (κ1) is 5.91. The zero-order chi connectivity index (χ0) is 5.98. The van der Waals surface area contributed by atoms with Gasteiger partial charge in [0.15, 0.2) is 0 Å². The van der Waals surface area contributed by atoms with E-state index in [9.17, 15) is 4.79 Å². The quantitative estimate of drug-likeness (QED) is 0.490. The Morgan fingerprint density at radius 2 is 2.75 bits per heavy atom. The van der Waals surface area contributed by atoms with Crippen LogP contribution in [0.2, 0.25) is 0 Å². The summed E-state index contributed by atoms with van der Waals surface area (Å²) in [5.74, 6) is 0.514. The van der Waals surface area contributed by atoms with Gasteiger partial charge in [-0.2, -0.15) is 0 Å². The Morgan fingerprint density at radius 3 is 3.00 bits per heavy atom. The summed E-state index contributed by atoms with van der Waals surface area (Å²) in [5.41, 5.74) is 0. The molecule has 1 fully saturated rings. The summed E-state index contributed by atoms with van der Waals surface area (Å²) < 4.78 is 0. The minimum absolute atomic E-state index is 0.0223. The molecule has 0 aromatic carbocycles. The number of rotatable bonds is 1. The average Bonchev–Trinajstić information content (AvgIpc) is 2.14. The highest BCUT2D eigenvalue weighted by Crippen LogP contribution is 2.12. The topological polar surface area (TPSA) is 49.3 Å². The molecule has 4 heteroatoms. The summed E-state index contributed by atoms with van der Waals surface area (Å²) >= 11 is 1.44. The Balaban J connectivity index is 2.32. The van der Waals surface area contributed by atoms with Crippen LogP contribution in [0.4, 0.5) is 0 Å². The minimum atomic E-state index is -0.0532. The second-order valence-electron chi connectivity index (χ2n) is 1.55. The maximum absolute atomic E-state index is 10.4. The molecule has 1 aliphatic heterocycles. The van der Waals surface area contributed by atoms with Crippen LogP contribution in [-0.2, 0) is 4.79 Å². The molecular weight excluding hydrogens is 126 g/mol. The summed E-state index contributed by atoms with van der Waals surface area (Å²) in [6, 6.07) is 0. The third kappa shape index (κ3) is 1.14. The van der Waals surface area contributed by atoms with Crippen LogP contribution >= 0.6 is 11.8 Å². The molecule has 1 saturated heterocycles. The van der Waals surface area contributed by atoms with Gasteiger partial charge in [-0.25, -0.2) is 0 Å². The van der Waals surface area contributed by atoms with Gasteiger partial charge in [0.25, 0.3) is 0 Å². The highest BCUT2D eigenvalue weighted by atomic mass is 32.2. The normalized spacial score (nSPS) is 28.1. The van der Waals surface area contributed by atoms with Crippen molar-refractivity contribution in [2.45, 2.75) is 5.37 Å². The van der Waals surface area contributed by atoms with Gasteiger partial charge in [-0.15, -0.1) is 11.8 Å². The molecule has 8 heavy (non-hydrogen) atoms. The zero-order valence-electron chi connectivity index (χ0n) is 4.26. The maximum Gasteiger partial charge on any atom is 0.231 e. The van der Waals surface area contributed by atoms with Crippen LogP contribution in [0, 0.1) is 0 Å². The fraction of sp³-hybridized carbons (Fsp3) is 0.750. The second-order valence-corrected chi connectivity index (χ2v) is 2.74. The molecule has 1 rings (SSSR count). The van der Waals surface area contributed by atoms with Crippen molar-refractivity contribution in [3.05, 3.63) is 0 Å². The van der Waals surface area contributed by atoms with Crippen molar-refractivity contribution >= 4 is 17.7 Å². The number of hydrogen-bond donors (Lipinski definition) is 2. The van der Waals surface area contributed by atoms with E-state index < -0.39 is 0 Å². The summed E-state index contributed by atoms with van der Waals surface area (Å²) in [6.45, 7) is 0.0381. The Hall–Kier alpha value is -0.220. The van der Waals surface area contributed by atoms with E-state index in [-0.39, 0.29) is 17.9 Å². The Kier molecular flexibility index (Phi) is 1.75. The Morgan fingerprint density at radius 1 is 2.00 bits per heavy atom. The maximum atomic E-state index is 10.4. The van der Waals surface area contributed by atoms with Crippen LogP contribution in [0.15, 0.2) is 0 Å². The second kappa shape index (κ2) is 2.37. The van der Waals surface area contributed by atoms with Gasteiger partial charge in [-0.3, -0.25) is 4.79 Å². The van der Waals surface area contributed by atoms with Crippen molar-refractivity contribution in [2.24, 2.45) is 0 Å². The van der Waals surface area contributed by atoms with E-state index in [0.717, 1.165) is 0 Å². The van der Waals surface area contributed by atoms with Gasteiger partial charge in [0.2, 0.25) is 5.91 Å². The summed E-state index contributed by atoms with van der Waals surface area (Å²) in [4.78, 5) is 10.4. The lowest BCUT2D eigenvalue weighted by Gasteiger charge is -2.00. The summed E-state index contributed by atoms with van der Waals surface area (Å²) in [6.07, 6.45) is 0. The third-order valence-corrected chi connectivity index (χ3v) is 2.00. The van der Waals surface area contributed by atoms with Crippen LogP contribution in [0.1, 0.15) is 0 Å². The smallest absolute Gasteiger partial charge is 0.231 e. The van der Waals surface area contributed by atoms with Crippen LogP contribution in [0.25, 0.3) is 0 Å². The van der Waals surface area contributed by atoms with Crippen molar-refractivity contribution < 1.29 is 9.90 Å². The number of hydrogen-bond acceptors (Lipinski definition) is 3. The van der Waals surface area contributed by atoms with Crippen molar-refractivity contribution in [2.75, 3.05) is 12.4 Å². The van der Waals surface area contributed by atoms with Gasteiger partial charge < -0.3 is 10.4 Å². The molecule has 2 N–H and O–H groups in total. The van der Waals surface area contributed by atoms with Gasteiger partial charge in [0, 0.05) is 0 Å². The SMILES string of the molecule is O=C1CSC(CO)N1. The number of amides is 1. The summed E-state index contributed by atoms with van der Waals surface area (Å²) in [7, 11) is 0. The molecule has 0 aromatic rings. The highest BCUT2D eigenvalue weighted by molar-refractivity contribution is 8.01. The molecule has 0 aliphatic carbocycles. The molecule has 1 heterocycles. The number of nitrogens with one attached hydrogen (secondary N) is 1. The third-order valence-electron chi connectivity index (χ3n) is 0.903. The van der Waals surface area contributed by atoms with Crippen LogP contribution < -0.4 is 5.32 Å². The molecule has 1 unspecified atom stereocenters. The van der Waals surface area contributed by atoms with E-state index >= 15 is 0 Å². The van der Waals surface area contributed by atoms with Crippen molar-refractivity contribution in [3.8, 4) is 0 Å². The fourth-order valence-electron chi connectivity index (χ4n) is 0.538. The van der Waals surface area contributed by atoms with E-state index in [0.29, 0.717) is 5.75 Å². The van der Waals surface area contributed by atoms with E-state index in [2.05, 4.69) is 5.32 Å². The van der Waals surface area contributed by atoms with Gasteiger partial charge in [0.1, 0.15) is 0 Å². The largest absolute Gasteiger partial charge is 0.393 e. The van der Waals surface area contributed by atoms with Gasteiger partial charge in [-0.1, -0.05) is 0 Å². The molecule has 0 saturated carbocycles. The molecule has 1 aliphatic rings. The molecule has 3 nitrogen and oxygen atoms in total. The predicted octanol–water partition coefficient (Wildman–Crippen LogP) is -0.832. The molecule has 1 amide bonds. The predicted molar refractivity (Wildman–Crippen MR) is 31.5 cm³/mol. The molecular formula is C4H7NO2S. The first-order chi connectivity index (χ1) is 3.83. The van der Waals surface area contributed by atoms with Crippen LogP contribution in [-0.4, -0.2) is 28.7 Å². The highest BCUT2D eigenvalue weighted by Gasteiger charge is 2.19. The standard InChI is InChI=1S/C4H7NO2S/c6-1-4-5-3(7)2-8-4/h4,6H,1-2H2,(H,5,7). The lowest BCUT2D eigenvalue weighted by atomic mass is 10.6. The number of carbonyl (C=O) groups excluding carboxylic acids is 1. The number of aliphatic hydroxyl groups is 1. The van der Waals surface area contributed by atoms with E-state index in [1.54, 1.807) is 0 Å². The Labute approximate surface area is 51.5 Å². The molecule has 0 spiro atoms. The number of thioether (sulfide) groups is 1. The molecule has 46 valence electrons. The van der Waals surface area contributed by atoms with Crippen LogP contribution in [0.3, 0.4) is 0 Å². The lowest BCUT2D eigenvalue weighted by molar-refractivity contribution is -0.118. The Bertz CT molecular complexity index is 106. The number of aliphatic hydroxyl groups excluding tert-OH is 1. The lowest BCUT2D eigenvalue weighted by Crippen LogP contribution is -2.27. The minimum Gasteiger partial charge on any atom is -0.393 e. The van der Waals surface area contributed by atoms with Gasteiger partial charge in [-0.05, 0) is 0 Å². The van der Waals surface area contributed by atoms with E-state index in [1.807, 2.05) is 0 Å². The van der Waals surface area contributed by atoms with Crippen molar-refractivity contribution in [3.63, 3.8) is 0 Å². The van der Waals surface area contributed by atoms with Crippen LogP contribution in [0.5, 0.6) is 0 Å². The van der Waals surface area contributed by atoms with Gasteiger partial charge in [0.05, 0.1) is 17.7 Å². The van der Waals surface area contributed by atoms with Gasteiger partial charge >= 0.3 is 0 Å². The van der Waals surface area contributed by atoms with E-state index in [1.165, 1.54) is 11.8 Å².